The van der Waals surface area contributed by atoms with Crippen molar-refractivity contribution < 1.29 is 9.53 Å². The molecule has 0 saturated heterocycles. The van der Waals surface area contributed by atoms with Gasteiger partial charge in [0.1, 0.15) is 12.4 Å². The van der Waals surface area contributed by atoms with Gasteiger partial charge in [0.05, 0.1) is 0 Å². The van der Waals surface area contributed by atoms with E-state index < -0.39 is 11.9 Å². The van der Waals surface area contributed by atoms with Crippen LogP contribution in [0.25, 0.3) is 0 Å². The lowest BCUT2D eigenvalue weighted by Crippen LogP contribution is -2.25. The molecule has 23 heavy (non-hydrogen) atoms. The summed E-state index contributed by atoms with van der Waals surface area (Å²) in [5.74, 6) is 0.356. The molecule has 0 fully saturated rings. The normalized spacial score (nSPS) is 11.6. The fourth-order valence-electron chi connectivity index (χ4n) is 2.33. The topological polar surface area (TPSA) is 67.8 Å². The largest absolute Gasteiger partial charge is 0.489 e. The van der Waals surface area contributed by atoms with Gasteiger partial charge in [0.15, 0.2) is 6.04 Å². The minimum absolute atomic E-state index is 0.267. The van der Waals surface area contributed by atoms with E-state index in [0.717, 1.165) is 22.4 Å². The Morgan fingerprint density at radius 1 is 1.22 bits per heavy atom. The second kappa shape index (κ2) is 7.54. The van der Waals surface area contributed by atoms with E-state index in [1.54, 1.807) is 12.1 Å². The molecule has 1 atom stereocenters. The summed E-state index contributed by atoms with van der Waals surface area (Å²) in [4.78, 5) is 22.9. The molecule has 0 aromatic heterocycles. The first-order valence-electron chi connectivity index (χ1n) is 7.38. The van der Waals surface area contributed by atoms with Crippen molar-refractivity contribution in [3.05, 3.63) is 69.6 Å². The molecule has 2 aromatic carbocycles. The number of hydrogen-bond acceptors (Lipinski definition) is 4. The van der Waals surface area contributed by atoms with Gasteiger partial charge < -0.3 is 10.1 Å². The van der Waals surface area contributed by atoms with E-state index in [0.29, 0.717) is 5.56 Å². The van der Waals surface area contributed by atoms with Gasteiger partial charge >= 0.3 is 0 Å². The smallest absolute Gasteiger partial charge is 0.252 e. The Balaban J connectivity index is 2.25. The molecule has 0 aliphatic carbocycles. The van der Waals surface area contributed by atoms with E-state index in [2.05, 4.69) is 10.5 Å². The number of hydrogen-bond donors (Lipinski definition) is 1. The second-order valence-corrected chi connectivity index (χ2v) is 5.38. The predicted molar refractivity (Wildman–Crippen MR) is 89.3 cm³/mol. The molecule has 1 unspecified atom stereocenters. The molecule has 2 rings (SSSR count). The van der Waals surface area contributed by atoms with Crippen molar-refractivity contribution in [3.63, 3.8) is 0 Å². The molecule has 1 amide bonds. The van der Waals surface area contributed by atoms with Gasteiger partial charge in [-0.3, -0.25) is 4.79 Å². The van der Waals surface area contributed by atoms with E-state index >= 15 is 0 Å². The molecule has 120 valence electrons. The van der Waals surface area contributed by atoms with Gasteiger partial charge in [0.25, 0.3) is 5.91 Å². The summed E-state index contributed by atoms with van der Waals surface area (Å²) in [6.07, 6.45) is 0. The maximum atomic E-state index is 11.8. The van der Waals surface area contributed by atoms with E-state index in [1.165, 1.54) is 7.05 Å². The Morgan fingerprint density at radius 3 is 2.65 bits per heavy atom. The summed E-state index contributed by atoms with van der Waals surface area (Å²) in [5, 5.41) is 5.42. The molecule has 2 aromatic rings. The Hall–Kier alpha value is -2.69. The van der Waals surface area contributed by atoms with E-state index in [9.17, 15) is 9.70 Å². The summed E-state index contributed by atoms with van der Waals surface area (Å²) in [6.45, 7) is 4.24. The Bertz CT molecular complexity index is 713. The summed E-state index contributed by atoms with van der Waals surface area (Å²) >= 11 is 0. The first-order valence-corrected chi connectivity index (χ1v) is 7.38. The number of nitrogens with one attached hydrogen (secondary N) is 1. The number of likely N-dealkylation sites (N-methyl/N-ethyl adjacent to an activating group) is 1. The lowest BCUT2D eigenvalue weighted by molar-refractivity contribution is -0.121. The molecule has 5 heteroatoms. The van der Waals surface area contributed by atoms with Crippen LogP contribution in [0, 0.1) is 18.8 Å². The van der Waals surface area contributed by atoms with Crippen LogP contribution in [0.15, 0.2) is 47.6 Å². The molecule has 0 aliphatic heterocycles. The van der Waals surface area contributed by atoms with Crippen LogP contribution in [0.1, 0.15) is 28.3 Å². The van der Waals surface area contributed by atoms with Crippen molar-refractivity contribution in [2.45, 2.75) is 26.5 Å². The summed E-state index contributed by atoms with van der Waals surface area (Å²) in [7, 11) is 1.48. The minimum atomic E-state index is -1.07. The highest BCUT2D eigenvalue weighted by molar-refractivity contribution is 5.83. The van der Waals surface area contributed by atoms with Crippen LogP contribution in [-0.2, 0) is 11.4 Å². The van der Waals surface area contributed by atoms with Crippen LogP contribution >= 0.6 is 0 Å². The van der Waals surface area contributed by atoms with Crippen molar-refractivity contribution >= 4 is 5.91 Å². The van der Waals surface area contributed by atoms with Gasteiger partial charge in [-0.15, -0.1) is 4.91 Å². The number of nitrogens with zero attached hydrogens (tertiary/aromatic N) is 1. The highest BCUT2D eigenvalue weighted by Gasteiger charge is 2.23. The second-order valence-electron chi connectivity index (χ2n) is 5.38. The van der Waals surface area contributed by atoms with Crippen LogP contribution < -0.4 is 10.1 Å². The Morgan fingerprint density at radius 2 is 1.96 bits per heavy atom. The van der Waals surface area contributed by atoms with Gasteiger partial charge in [0, 0.05) is 7.05 Å². The monoisotopic (exact) mass is 312 g/mol. The molecule has 5 nitrogen and oxygen atoms in total. The molecule has 0 bridgehead atoms. The first kappa shape index (κ1) is 16.7. The van der Waals surface area contributed by atoms with Gasteiger partial charge in [-0.2, -0.15) is 0 Å². The highest BCUT2D eigenvalue weighted by Crippen LogP contribution is 2.25. The van der Waals surface area contributed by atoms with Crippen LogP contribution in [-0.4, -0.2) is 13.0 Å². The fourth-order valence-corrected chi connectivity index (χ4v) is 2.33. The number of carbonyl (C=O) groups excluding carboxylic acids is 1. The number of carbonyl (C=O) groups is 1. The standard InChI is InChI=1S/C18H20N2O3/c1-12-8-9-13(2)16(10-12)23-11-14-6-4-5-7-15(14)17(20-22)18(21)19-3/h4-10,17H,11H2,1-3H3,(H,19,21). The summed E-state index contributed by atoms with van der Waals surface area (Å²) in [5.41, 5.74) is 3.47. The van der Waals surface area contributed by atoms with Crippen molar-refractivity contribution in [1.82, 2.24) is 5.32 Å². The molecular weight excluding hydrogens is 292 g/mol. The van der Waals surface area contributed by atoms with Crippen LogP contribution in [0.5, 0.6) is 5.75 Å². The van der Waals surface area contributed by atoms with E-state index in [4.69, 9.17) is 4.74 Å². The zero-order valence-electron chi connectivity index (χ0n) is 13.5. The SMILES string of the molecule is CNC(=O)C(N=O)c1ccccc1COc1cc(C)ccc1C. The molecule has 0 spiro atoms. The molecule has 0 aliphatic rings. The van der Waals surface area contributed by atoms with Gasteiger partial charge in [0.2, 0.25) is 0 Å². The zero-order chi connectivity index (χ0) is 16.8. The maximum Gasteiger partial charge on any atom is 0.252 e. The third-order valence-electron chi connectivity index (χ3n) is 3.68. The third-order valence-corrected chi connectivity index (χ3v) is 3.68. The fraction of sp³-hybridized carbons (Fsp3) is 0.278. The molecule has 0 saturated carbocycles. The number of aryl methyl sites for hydroxylation is 2. The van der Waals surface area contributed by atoms with Crippen molar-refractivity contribution in [3.8, 4) is 5.75 Å². The predicted octanol–water partition coefficient (Wildman–Crippen LogP) is 3.44. The van der Waals surface area contributed by atoms with E-state index in [1.807, 2.05) is 44.2 Å². The maximum absolute atomic E-state index is 11.8. The lowest BCUT2D eigenvalue weighted by atomic mass is 10.0. The van der Waals surface area contributed by atoms with Crippen molar-refractivity contribution in [1.29, 1.82) is 0 Å². The van der Waals surface area contributed by atoms with Crippen LogP contribution in [0.3, 0.4) is 0 Å². The zero-order valence-corrected chi connectivity index (χ0v) is 13.5. The molecular formula is C18H20N2O3. The Labute approximate surface area is 135 Å². The Kier molecular flexibility index (Phi) is 5.46. The van der Waals surface area contributed by atoms with Crippen LogP contribution in [0.4, 0.5) is 0 Å². The van der Waals surface area contributed by atoms with Gasteiger partial charge in [-0.1, -0.05) is 41.6 Å². The summed E-state index contributed by atoms with van der Waals surface area (Å²) in [6, 6.07) is 12.1. The van der Waals surface area contributed by atoms with Gasteiger partial charge in [-0.05, 0) is 42.2 Å². The number of amides is 1. The average Bonchev–Trinajstić information content (AvgIpc) is 2.57. The molecule has 0 radical (unpaired) electrons. The molecule has 0 heterocycles. The van der Waals surface area contributed by atoms with Crippen molar-refractivity contribution in [2.24, 2.45) is 5.18 Å². The first-order chi connectivity index (χ1) is 11.1. The quantitative estimate of drug-likeness (QED) is 0.831. The average molecular weight is 312 g/mol. The highest BCUT2D eigenvalue weighted by atomic mass is 16.5. The number of ether oxygens (including phenoxy) is 1. The summed E-state index contributed by atoms with van der Waals surface area (Å²) < 4.78 is 5.88. The lowest BCUT2D eigenvalue weighted by Gasteiger charge is -2.15. The third kappa shape index (κ3) is 3.94. The van der Waals surface area contributed by atoms with E-state index in [-0.39, 0.29) is 6.61 Å². The number of rotatable bonds is 6. The van der Waals surface area contributed by atoms with Crippen LogP contribution in [0.2, 0.25) is 0 Å². The minimum Gasteiger partial charge on any atom is -0.489 e. The number of benzene rings is 2. The molecule has 1 N–H and O–H groups in total. The number of nitroso groups, excluding NO2 is 1. The van der Waals surface area contributed by atoms with Gasteiger partial charge in [-0.25, -0.2) is 0 Å². The van der Waals surface area contributed by atoms with Crippen molar-refractivity contribution in [2.75, 3.05) is 7.05 Å².